The van der Waals surface area contributed by atoms with Gasteiger partial charge in [0.2, 0.25) is 5.91 Å². The van der Waals surface area contributed by atoms with E-state index in [9.17, 15) is 9.59 Å². The Morgan fingerprint density at radius 1 is 1.12 bits per heavy atom. The van der Waals surface area contributed by atoms with Gasteiger partial charge in [-0.1, -0.05) is 38.4 Å². The minimum atomic E-state index is -0.151. The first kappa shape index (κ1) is 18.6. The molecule has 0 spiro atoms. The first-order chi connectivity index (χ1) is 11.2. The summed E-state index contributed by atoms with van der Waals surface area (Å²) in [6, 6.07) is 6.94. The molecule has 1 saturated heterocycles. The zero-order chi connectivity index (χ0) is 17.7. The Morgan fingerprint density at radius 3 is 2.46 bits per heavy atom. The van der Waals surface area contributed by atoms with Gasteiger partial charge in [-0.2, -0.15) is 0 Å². The predicted octanol–water partition coefficient (Wildman–Crippen LogP) is 3.84. The van der Waals surface area contributed by atoms with Crippen molar-refractivity contribution in [1.29, 1.82) is 0 Å². The first-order valence-electron chi connectivity index (χ1n) is 8.34. The molecule has 1 N–H and O–H groups in total. The van der Waals surface area contributed by atoms with Crippen LogP contribution in [0.5, 0.6) is 0 Å². The molecule has 24 heavy (non-hydrogen) atoms. The monoisotopic (exact) mass is 351 g/mol. The number of hydrogen-bond donors (Lipinski definition) is 1. The van der Waals surface area contributed by atoms with Gasteiger partial charge >= 0.3 is 6.03 Å². The number of nitrogens with zero attached hydrogens (tertiary/aromatic N) is 2. The number of urea groups is 1. The predicted molar refractivity (Wildman–Crippen MR) is 97.3 cm³/mol. The SMILES string of the molecule is CC(C)(C)CC(=O)N1CCCN(C(=O)Nc2cccc(Cl)c2)CC1. The van der Waals surface area contributed by atoms with E-state index in [1.807, 2.05) is 4.90 Å². The standard InChI is InChI=1S/C18H26ClN3O2/c1-18(2,3)13-16(23)21-8-5-9-22(11-10-21)17(24)20-15-7-4-6-14(19)12-15/h4,6-7,12H,5,8-11,13H2,1-3H3,(H,20,24). The number of carbonyl (C=O) groups is 2. The largest absolute Gasteiger partial charge is 0.341 e. The van der Waals surface area contributed by atoms with Crippen LogP contribution in [0.3, 0.4) is 0 Å². The fourth-order valence-electron chi connectivity index (χ4n) is 2.70. The lowest BCUT2D eigenvalue weighted by atomic mass is 9.91. The fraction of sp³-hybridized carbons (Fsp3) is 0.556. The molecule has 1 aromatic rings. The normalized spacial score (nSPS) is 15.8. The highest BCUT2D eigenvalue weighted by Gasteiger charge is 2.25. The number of carbonyl (C=O) groups excluding carboxylic acids is 2. The van der Waals surface area contributed by atoms with Gasteiger partial charge in [-0.25, -0.2) is 4.79 Å². The highest BCUT2D eigenvalue weighted by atomic mass is 35.5. The van der Waals surface area contributed by atoms with E-state index in [1.54, 1.807) is 29.2 Å². The minimum Gasteiger partial charge on any atom is -0.341 e. The Labute approximate surface area is 149 Å². The molecule has 0 aromatic heterocycles. The Bertz CT molecular complexity index is 598. The molecule has 0 aliphatic carbocycles. The average Bonchev–Trinajstić information content (AvgIpc) is 2.71. The van der Waals surface area contributed by atoms with E-state index in [0.29, 0.717) is 43.3 Å². The van der Waals surface area contributed by atoms with Crippen molar-refractivity contribution in [2.45, 2.75) is 33.6 Å². The summed E-state index contributed by atoms with van der Waals surface area (Å²) < 4.78 is 0. The van der Waals surface area contributed by atoms with Crippen LogP contribution < -0.4 is 5.32 Å². The summed E-state index contributed by atoms with van der Waals surface area (Å²) in [6.45, 7) is 8.66. The Morgan fingerprint density at radius 2 is 1.79 bits per heavy atom. The van der Waals surface area contributed by atoms with Gasteiger partial charge in [0.15, 0.2) is 0 Å². The molecule has 0 atom stereocenters. The topological polar surface area (TPSA) is 52.7 Å². The van der Waals surface area contributed by atoms with Gasteiger partial charge in [0, 0.05) is 43.3 Å². The third-order valence-corrected chi connectivity index (χ3v) is 4.13. The van der Waals surface area contributed by atoms with Gasteiger partial charge < -0.3 is 15.1 Å². The summed E-state index contributed by atoms with van der Waals surface area (Å²) in [4.78, 5) is 28.4. The summed E-state index contributed by atoms with van der Waals surface area (Å²) in [7, 11) is 0. The molecule has 1 aliphatic rings. The van der Waals surface area contributed by atoms with Gasteiger partial charge in [-0.3, -0.25) is 4.79 Å². The van der Waals surface area contributed by atoms with Crippen LogP contribution in [0.2, 0.25) is 5.02 Å². The lowest BCUT2D eigenvalue weighted by Gasteiger charge is -2.25. The molecule has 0 bridgehead atoms. The van der Waals surface area contributed by atoms with E-state index in [4.69, 9.17) is 11.6 Å². The van der Waals surface area contributed by atoms with Crippen LogP contribution in [0.15, 0.2) is 24.3 Å². The maximum Gasteiger partial charge on any atom is 0.321 e. The molecule has 1 aromatic carbocycles. The quantitative estimate of drug-likeness (QED) is 0.880. The van der Waals surface area contributed by atoms with E-state index >= 15 is 0 Å². The number of anilines is 1. The van der Waals surface area contributed by atoms with Crippen molar-refractivity contribution in [2.24, 2.45) is 5.41 Å². The number of benzene rings is 1. The molecule has 0 unspecified atom stereocenters. The van der Waals surface area contributed by atoms with Crippen LogP contribution in [-0.2, 0) is 4.79 Å². The van der Waals surface area contributed by atoms with Gasteiger partial charge in [0.1, 0.15) is 0 Å². The summed E-state index contributed by atoms with van der Waals surface area (Å²) in [6.07, 6.45) is 1.32. The van der Waals surface area contributed by atoms with Crippen LogP contribution in [0.4, 0.5) is 10.5 Å². The summed E-state index contributed by atoms with van der Waals surface area (Å²) in [5.74, 6) is 0.166. The van der Waals surface area contributed by atoms with Crippen LogP contribution in [0, 0.1) is 5.41 Å². The van der Waals surface area contributed by atoms with Gasteiger partial charge in [-0.05, 0) is 30.0 Å². The summed E-state index contributed by atoms with van der Waals surface area (Å²) >= 11 is 5.94. The van der Waals surface area contributed by atoms with Crippen molar-refractivity contribution in [3.8, 4) is 0 Å². The van der Waals surface area contributed by atoms with Gasteiger partial charge in [0.05, 0.1) is 0 Å². The summed E-state index contributed by atoms with van der Waals surface area (Å²) in [5.41, 5.74) is 0.657. The Balaban J connectivity index is 1.90. The smallest absolute Gasteiger partial charge is 0.321 e. The number of amides is 3. The molecule has 1 fully saturated rings. The van der Waals surface area contributed by atoms with E-state index in [2.05, 4.69) is 26.1 Å². The third-order valence-electron chi connectivity index (χ3n) is 3.89. The zero-order valence-corrected chi connectivity index (χ0v) is 15.4. The highest BCUT2D eigenvalue weighted by Crippen LogP contribution is 2.21. The molecule has 1 aliphatic heterocycles. The van der Waals surface area contributed by atoms with Crippen molar-refractivity contribution in [2.75, 3.05) is 31.5 Å². The average molecular weight is 352 g/mol. The summed E-state index contributed by atoms with van der Waals surface area (Å²) in [5, 5.41) is 3.45. The maximum absolute atomic E-state index is 12.4. The van der Waals surface area contributed by atoms with Gasteiger partial charge in [0.25, 0.3) is 0 Å². The lowest BCUT2D eigenvalue weighted by molar-refractivity contribution is -0.132. The van der Waals surface area contributed by atoms with E-state index in [0.717, 1.165) is 6.42 Å². The molecule has 0 radical (unpaired) electrons. The van der Waals surface area contributed by atoms with Crippen LogP contribution in [0.1, 0.15) is 33.6 Å². The number of hydrogen-bond acceptors (Lipinski definition) is 2. The second-order valence-corrected chi connectivity index (χ2v) is 7.84. The first-order valence-corrected chi connectivity index (χ1v) is 8.72. The molecule has 6 heteroatoms. The van der Waals surface area contributed by atoms with Gasteiger partial charge in [-0.15, -0.1) is 0 Å². The van der Waals surface area contributed by atoms with E-state index < -0.39 is 0 Å². The highest BCUT2D eigenvalue weighted by molar-refractivity contribution is 6.30. The molecular formula is C18H26ClN3O2. The van der Waals surface area contributed by atoms with Crippen molar-refractivity contribution >= 4 is 29.2 Å². The van der Waals surface area contributed by atoms with E-state index in [-0.39, 0.29) is 17.4 Å². The molecule has 132 valence electrons. The van der Waals surface area contributed by atoms with Crippen molar-refractivity contribution < 1.29 is 9.59 Å². The van der Waals surface area contributed by atoms with Crippen LogP contribution in [-0.4, -0.2) is 47.9 Å². The zero-order valence-electron chi connectivity index (χ0n) is 14.6. The molecule has 1 heterocycles. The van der Waals surface area contributed by atoms with Crippen molar-refractivity contribution in [3.05, 3.63) is 29.3 Å². The molecule has 5 nitrogen and oxygen atoms in total. The minimum absolute atomic E-state index is 0.0208. The Kier molecular flexibility index (Phi) is 6.10. The Hall–Kier alpha value is -1.75. The number of nitrogens with one attached hydrogen (secondary N) is 1. The van der Waals surface area contributed by atoms with Crippen LogP contribution >= 0.6 is 11.6 Å². The second-order valence-electron chi connectivity index (χ2n) is 7.40. The van der Waals surface area contributed by atoms with Crippen molar-refractivity contribution in [3.63, 3.8) is 0 Å². The van der Waals surface area contributed by atoms with Crippen molar-refractivity contribution in [1.82, 2.24) is 9.80 Å². The number of rotatable bonds is 2. The molecule has 3 amide bonds. The number of halogens is 1. The molecular weight excluding hydrogens is 326 g/mol. The maximum atomic E-state index is 12.4. The molecule has 2 rings (SSSR count). The second kappa shape index (κ2) is 7.88. The van der Waals surface area contributed by atoms with Crippen LogP contribution in [0.25, 0.3) is 0 Å². The molecule has 0 saturated carbocycles. The third kappa shape index (κ3) is 5.71. The van der Waals surface area contributed by atoms with E-state index in [1.165, 1.54) is 0 Å². The lowest BCUT2D eigenvalue weighted by Crippen LogP contribution is -2.40. The fourth-order valence-corrected chi connectivity index (χ4v) is 2.89.